The van der Waals surface area contributed by atoms with Gasteiger partial charge in [0.05, 0.1) is 12.4 Å². The van der Waals surface area contributed by atoms with Crippen molar-refractivity contribution in [3.05, 3.63) is 54.1 Å². The molecule has 0 saturated heterocycles. The average molecular weight is 236 g/mol. The topological polar surface area (TPSA) is 17.8 Å². The van der Waals surface area contributed by atoms with Crippen LogP contribution in [0.3, 0.4) is 0 Å². The van der Waals surface area contributed by atoms with Crippen molar-refractivity contribution in [1.29, 1.82) is 0 Å². The Bertz CT molecular complexity index is 566. The highest BCUT2D eigenvalue weighted by Crippen LogP contribution is 2.27. The van der Waals surface area contributed by atoms with Crippen LogP contribution in [0.4, 0.5) is 0 Å². The molecule has 1 saturated carbocycles. The molecule has 2 heteroatoms. The molecule has 0 amide bonds. The van der Waals surface area contributed by atoms with Gasteiger partial charge >= 0.3 is 0 Å². The zero-order valence-corrected chi connectivity index (χ0v) is 10.5. The van der Waals surface area contributed by atoms with Gasteiger partial charge in [-0.15, -0.1) is 0 Å². The fraction of sp³-hybridized carbons (Fsp3) is 0.312. The van der Waals surface area contributed by atoms with E-state index in [1.54, 1.807) is 0 Å². The summed E-state index contributed by atoms with van der Waals surface area (Å²) in [6, 6.07) is 8.84. The maximum Gasteiger partial charge on any atom is 0.0951 e. The first-order valence-electron chi connectivity index (χ1n) is 6.42. The summed E-state index contributed by atoms with van der Waals surface area (Å²) in [6.07, 6.45) is 8.22. The van der Waals surface area contributed by atoms with Crippen molar-refractivity contribution in [2.75, 3.05) is 0 Å². The highest BCUT2D eigenvalue weighted by atomic mass is 15.0. The minimum Gasteiger partial charge on any atom is -0.330 e. The molecule has 3 rings (SSSR count). The maximum atomic E-state index is 4.08. The lowest BCUT2D eigenvalue weighted by atomic mass is 10.1. The summed E-state index contributed by atoms with van der Waals surface area (Å²) in [4.78, 5) is 4.08. The molecule has 1 heterocycles. The molecule has 1 unspecified atom stereocenters. The molecule has 2 nitrogen and oxygen atoms in total. The quantitative estimate of drug-likeness (QED) is 0.732. The van der Waals surface area contributed by atoms with Crippen molar-refractivity contribution >= 4 is 0 Å². The van der Waals surface area contributed by atoms with Gasteiger partial charge in [0.2, 0.25) is 0 Å². The zero-order valence-electron chi connectivity index (χ0n) is 10.5. The van der Waals surface area contributed by atoms with E-state index in [1.165, 1.54) is 18.4 Å². The van der Waals surface area contributed by atoms with Gasteiger partial charge in [0.25, 0.3) is 0 Å². The number of nitrogens with zero attached hydrogens (tertiary/aromatic N) is 2. The number of hydrogen-bond acceptors (Lipinski definition) is 1. The second-order valence-corrected chi connectivity index (χ2v) is 4.85. The predicted octanol–water partition coefficient (Wildman–Crippen LogP) is 3.25. The van der Waals surface area contributed by atoms with Crippen LogP contribution in [0.2, 0.25) is 0 Å². The molecule has 1 aliphatic carbocycles. The van der Waals surface area contributed by atoms with E-state index in [-0.39, 0.29) is 0 Å². The monoisotopic (exact) mass is 236 g/mol. The van der Waals surface area contributed by atoms with Gasteiger partial charge in [-0.1, -0.05) is 24.0 Å². The van der Waals surface area contributed by atoms with Crippen LogP contribution in [0.25, 0.3) is 0 Å². The lowest BCUT2D eigenvalue weighted by Gasteiger charge is -2.13. The lowest BCUT2D eigenvalue weighted by molar-refractivity contribution is 0.638. The summed E-state index contributed by atoms with van der Waals surface area (Å²) in [5, 5.41) is 0. The summed E-state index contributed by atoms with van der Waals surface area (Å²) < 4.78 is 2.10. The Labute approximate surface area is 108 Å². The van der Waals surface area contributed by atoms with Crippen LogP contribution < -0.4 is 0 Å². The Morgan fingerprint density at radius 3 is 2.67 bits per heavy atom. The number of imidazole rings is 1. The Morgan fingerprint density at radius 1 is 1.28 bits per heavy atom. The number of rotatable bonds is 2. The molecule has 0 bridgehead atoms. The van der Waals surface area contributed by atoms with Gasteiger partial charge in [0, 0.05) is 23.9 Å². The Hall–Kier alpha value is -2.01. The minimum atomic E-state index is 0.318. The average Bonchev–Trinajstić information content (AvgIpc) is 3.08. The Kier molecular flexibility index (Phi) is 2.90. The molecule has 1 aromatic carbocycles. The molecule has 90 valence electrons. The van der Waals surface area contributed by atoms with Crippen molar-refractivity contribution < 1.29 is 0 Å². The van der Waals surface area contributed by atoms with Crippen molar-refractivity contribution in [3.8, 4) is 11.8 Å². The van der Waals surface area contributed by atoms with E-state index in [1.807, 2.05) is 18.7 Å². The van der Waals surface area contributed by atoms with Crippen molar-refractivity contribution in [3.63, 3.8) is 0 Å². The standard InChI is InChI=1S/C16H16N2/c1-13(18-11-10-17-12-18)16-8-6-15(7-9-16)5-4-14-2-3-14/h6-14H,2-3H2,1H3. The van der Waals surface area contributed by atoms with Crippen LogP contribution >= 0.6 is 0 Å². The molecule has 0 spiro atoms. The van der Waals surface area contributed by atoms with Crippen LogP contribution in [0.15, 0.2) is 43.0 Å². The normalized spacial score (nSPS) is 15.8. The SMILES string of the molecule is CC(c1ccc(C#CC2CC2)cc1)n1ccnc1. The second kappa shape index (κ2) is 4.70. The largest absolute Gasteiger partial charge is 0.330 e. The first-order chi connectivity index (χ1) is 8.83. The van der Waals surface area contributed by atoms with E-state index in [0.29, 0.717) is 12.0 Å². The maximum absolute atomic E-state index is 4.08. The fourth-order valence-corrected chi connectivity index (χ4v) is 1.93. The summed E-state index contributed by atoms with van der Waals surface area (Å²) >= 11 is 0. The summed E-state index contributed by atoms with van der Waals surface area (Å²) in [5.41, 5.74) is 2.40. The highest BCUT2D eigenvalue weighted by Gasteiger charge is 2.17. The summed E-state index contributed by atoms with van der Waals surface area (Å²) in [6.45, 7) is 2.17. The zero-order chi connectivity index (χ0) is 12.4. The molecular formula is C16H16N2. The van der Waals surface area contributed by atoms with Gasteiger partial charge in [-0.3, -0.25) is 0 Å². The minimum absolute atomic E-state index is 0.318. The van der Waals surface area contributed by atoms with E-state index in [2.05, 4.69) is 52.6 Å². The predicted molar refractivity (Wildman–Crippen MR) is 72.1 cm³/mol. The van der Waals surface area contributed by atoms with Gasteiger partial charge in [-0.25, -0.2) is 4.98 Å². The summed E-state index contributed by atoms with van der Waals surface area (Å²) in [5.74, 6) is 7.18. The van der Waals surface area contributed by atoms with Gasteiger partial charge in [0.1, 0.15) is 0 Å². The molecule has 0 radical (unpaired) electrons. The molecular weight excluding hydrogens is 220 g/mol. The van der Waals surface area contributed by atoms with Crippen molar-refractivity contribution in [2.45, 2.75) is 25.8 Å². The van der Waals surface area contributed by atoms with E-state index < -0.39 is 0 Å². The fourth-order valence-electron chi connectivity index (χ4n) is 1.93. The first kappa shape index (κ1) is 11.1. The first-order valence-corrected chi connectivity index (χ1v) is 6.42. The van der Waals surface area contributed by atoms with Crippen LogP contribution in [0.5, 0.6) is 0 Å². The van der Waals surface area contributed by atoms with Crippen LogP contribution in [-0.2, 0) is 0 Å². The van der Waals surface area contributed by atoms with E-state index in [0.717, 1.165) is 5.56 Å². The Morgan fingerprint density at radius 2 is 2.06 bits per heavy atom. The molecule has 18 heavy (non-hydrogen) atoms. The van der Waals surface area contributed by atoms with E-state index >= 15 is 0 Å². The van der Waals surface area contributed by atoms with Crippen LogP contribution in [0, 0.1) is 17.8 Å². The van der Waals surface area contributed by atoms with E-state index in [9.17, 15) is 0 Å². The Balaban J connectivity index is 1.76. The third-order valence-corrected chi connectivity index (χ3v) is 3.36. The van der Waals surface area contributed by atoms with Gasteiger partial charge in [0.15, 0.2) is 0 Å². The molecule has 0 N–H and O–H groups in total. The molecule has 1 aromatic heterocycles. The third-order valence-electron chi connectivity index (χ3n) is 3.36. The molecule has 0 aliphatic heterocycles. The van der Waals surface area contributed by atoms with Gasteiger partial charge in [-0.05, 0) is 37.5 Å². The second-order valence-electron chi connectivity index (χ2n) is 4.85. The van der Waals surface area contributed by atoms with Gasteiger partial charge in [-0.2, -0.15) is 0 Å². The van der Waals surface area contributed by atoms with Crippen molar-refractivity contribution in [1.82, 2.24) is 9.55 Å². The van der Waals surface area contributed by atoms with Crippen LogP contribution in [0.1, 0.15) is 36.9 Å². The van der Waals surface area contributed by atoms with E-state index in [4.69, 9.17) is 0 Å². The molecule has 1 atom stereocenters. The lowest BCUT2D eigenvalue weighted by Crippen LogP contribution is -2.03. The highest BCUT2D eigenvalue weighted by molar-refractivity contribution is 5.38. The number of benzene rings is 1. The van der Waals surface area contributed by atoms with Crippen LogP contribution in [-0.4, -0.2) is 9.55 Å². The van der Waals surface area contributed by atoms with Gasteiger partial charge < -0.3 is 4.57 Å². The summed E-state index contributed by atoms with van der Waals surface area (Å²) in [7, 11) is 0. The smallest absolute Gasteiger partial charge is 0.0951 e. The molecule has 1 fully saturated rings. The molecule has 1 aliphatic rings. The number of aromatic nitrogens is 2. The third kappa shape index (κ3) is 2.46. The number of hydrogen-bond donors (Lipinski definition) is 0. The molecule has 2 aromatic rings. The van der Waals surface area contributed by atoms with Crippen molar-refractivity contribution in [2.24, 2.45) is 5.92 Å².